The summed E-state index contributed by atoms with van der Waals surface area (Å²) in [7, 11) is 0. The van der Waals surface area contributed by atoms with Gasteiger partial charge >= 0.3 is 0 Å². The van der Waals surface area contributed by atoms with Crippen molar-refractivity contribution in [1.82, 2.24) is 19.9 Å². The minimum absolute atomic E-state index is 0.0171. The van der Waals surface area contributed by atoms with Gasteiger partial charge < -0.3 is 10.3 Å². The maximum atomic E-state index is 13.3. The highest BCUT2D eigenvalue weighted by molar-refractivity contribution is 6.28. The van der Waals surface area contributed by atoms with Gasteiger partial charge in [0.1, 0.15) is 11.3 Å². The second-order valence-electron chi connectivity index (χ2n) is 5.84. The highest BCUT2D eigenvalue weighted by Crippen LogP contribution is 2.26. The molecule has 5 nitrogen and oxygen atoms in total. The summed E-state index contributed by atoms with van der Waals surface area (Å²) >= 11 is 5.99. The lowest BCUT2D eigenvalue weighted by Crippen LogP contribution is -2.15. The first-order valence-corrected chi connectivity index (χ1v) is 8.49. The summed E-state index contributed by atoms with van der Waals surface area (Å²) in [6.45, 7) is 0.553. The monoisotopic (exact) mass is 367 g/mol. The zero-order valence-corrected chi connectivity index (χ0v) is 14.4. The van der Waals surface area contributed by atoms with Crippen molar-refractivity contribution in [3.05, 3.63) is 83.2 Å². The van der Waals surface area contributed by atoms with Gasteiger partial charge in [-0.25, -0.2) is 9.37 Å². The van der Waals surface area contributed by atoms with Crippen LogP contribution in [0.5, 0.6) is 0 Å². The van der Waals surface area contributed by atoms with Crippen LogP contribution in [0.3, 0.4) is 0 Å². The standard InChI is InChI=1S/C19H15ClFN5/c20-19-25-17(16-18(26-19)24-11-23-16)22-10-15(12-4-2-1-3-5-12)13-6-8-14(21)9-7-13/h1-9,11,15H,10H2,(H2,22,23,24,25,26). The second-order valence-corrected chi connectivity index (χ2v) is 6.18. The van der Waals surface area contributed by atoms with E-state index in [4.69, 9.17) is 11.6 Å². The number of hydrogen-bond acceptors (Lipinski definition) is 4. The third-order valence-corrected chi connectivity index (χ3v) is 4.38. The topological polar surface area (TPSA) is 66.5 Å². The summed E-state index contributed by atoms with van der Waals surface area (Å²) < 4.78 is 13.3. The van der Waals surface area contributed by atoms with E-state index in [1.165, 1.54) is 12.1 Å². The maximum absolute atomic E-state index is 13.3. The Hall–Kier alpha value is -2.99. The van der Waals surface area contributed by atoms with Crippen LogP contribution in [-0.2, 0) is 0 Å². The quantitative estimate of drug-likeness (QED) is 0.513. The molecule has 26 heavy (non-hydrogen) atoms. The van der Waals surface area contributed by atoms with E-state index in [2.05, 4.69) is 37.4 Å². The van der Waals surface area contributed by atoms with Crippen molar-refractivity contribution >= 4 is 28.6 Å². The van der Waals surface area contributed by atoms with Crippen LogP contribution in [-0.4, -0.2) is 26.5 Å². The molecule has 0 amide bonds. The molecule has 0 radical (unpaired) electrons. The van der Waals surface area contributed by atoms with Crippen molar-refractivity contribution < 1.29 is 4.39 Å². The molecule has 0 bridgehead atoms. The fourth-order valence-electron chi connectivity index (χ4n) is 2.94. The highest BCUT2D eigenvalue weighted by Gasteiger charge is 2.16. The average molecular weight is 368 g/mol. The van der Waals surface area contributed by atoms with E-state index in [0.29, 0.717) is 23.5 Å². The minimum atomic E-state index is -0.254. The molecular weight excluding hydrogens is 353 g/mol. The number of rotatable bonds is 5. The molecule has 0 aliphatic rings. The Bertz CT molecular complexity index is 1020. The second kappa shape index (κ2) is 7.09. The highest BCUT2D eigenvalue weighted by atomic mass is 35.5. The van der Waals surface area contributed by atoms with E-state index in [1.54, 1.807) is 18.5 Å². The number of anilines is 1. The summed E-state index contributed by atoms with van der Waals surface area (Å²) in [6, 6.07) is 16.6. The van der Waals surface area contributed by atoms with Crippen molar-refractivity contribution in [2.45, 2.75) is 5.92 Å². The summed E-state index contributed by atoms with van der Waals surface area (Å²) in [4.78, 5) is 15.5. The Morgan fingerprint density at radius 1 is 1.00 bits per heavy atom. The zero-order chi connectivity index (χ0) is 17.9. The molecule has 4 rings (SSSR count). The Labute approximate surface area is 154 Å². The number of imidazole rings is 1. The Morgan fingerprint density at radius 3 is 2.50 bits per heavy atom. The summed E-state index contributed by atoms with van der Waals surface area (Å²) in [6.07, 6.45) is 1.55. The first kappa shape index (κ1) is 16.5. The predicted molar refractivity (Wildman–Crippen MR) is 99.9 cm³/mol. The molecule has 2 aromatic heterocycles. The predicted octanol–water partition coefficient (Wildman–Crippen LogP) is 4.39. The summed E-state index contributed by atoms with van der Waals surface area (Å²) in [5.74, 6) is 0.347. The van der Waals surface area contributed by atoms with Crippen LogP contribution in [0.1, 0.15) is 17.0 Å². The minimum Gasteiger partial charge on any atom is -0.367 e. The van der Waals surface area contributed by atoms with E-state index in [-0.39, 0.29) is 17.0 Å². The van der Waals surface area contributed by atoms with Gasteiger partial charge in [-0.05, 0) is 34.9 Å². The van der Waals surface area contributed by atoms with Gasteiger partial charge in [-0.3, -0.25) is 0 Å². The van der Waals surface area contributed by atoms with Crippen molar-refractivity contribution in [3.8, 4) is 0 Å². The lowest BCUT2D eigenvalue weighted by molar-refractivity contribution is 0.626. The van der Waals surface area contributed by atoms with Crippen LogP contribution in [0.4, 0.5) is 10.2 Å². The van der Waals surface area contributed by atoms with Gasteiger partial charge in [-0.2, -0.15) is 9.97 Å². The Balaban J connectivity index is 1.66. The van der Waals surface area contributed by atoms with E-state index in [1.807, 2.05) is 18.2 Å². The van der Waals surface area contributed by atoms with Crippen molar-refractivity contribution in [1.29, 1.82) is 0 Å². The normalized spacial score (nSPS) is 12.2. The molecule has 7 heteroatoms. The number of hydrogen-bond donors (Lipinski definition) is 2. The molecule has 0 saturated carbocycles. The SMILES string of the molecule is Fc1ccc(C(CNc2nc(Cl)nc3nc[nH]c23)c2ccccc2)cc1. The number of nitrogens with zero attached hydrogens (tertiary/aromatic N) is 3. The molecule has 2 aromatic carbocycles. The molecule has 0 fully saturated rings. The molecular formula is C19H15ClFN5. The third kappa shape index (κ3) is 3.36. The first-order chi connectivity index (χ1) is 12.7. The van der Waals surface area contributed by atoms with Crippen molar-refractivity contribution in [2.24, 2.45) is 0 Å². The largest absolute Gasteiger partial charge is 0.367 e. The lowest BCUT2D eigenvalue weighted by Gasteiger charge is -2.19. The smallest absolute Gasteiger partial charge is 0.226 e. The van der Waals surface area contributed by atoms with Crippen LogP contribution < -0.4 is 5.32 Å². The Kier molecular flexibility index (Phi) is 4.50. The van der Waals surface area contributed by atoms with Crippen LogP contribution >= 0.6 is 11.6 Å². The Morgan fingerprint density at radius 2 is 1.73 bits per heavy atom. The van der Waals surface area contributed by atoms with Crippen molar-refractivity contribution in [3.63, 3.8) is 0 Å². The number of fused-ring (bicyclic) bond motifs is 1. The van der Waals surface area contributed by atoms with Gasteiger partial charge in [-0.15, -0.1) is 0 Å². The third-order valence-electron chi connectivity index (χ3n) is 4.21. The number of nitrogens with one attached hydrogen (secondary N) is 2. The molecule has 0 aliphatic carbocycles. The van der Waals surface area contributed by atoms with Crippen LogP contribution in [0, 0.1) is 5.82 Å². The van der Waals surface area contributed by atoms with Gasteiger partial charge in [0, 0.05) is 12.5 Å². The molecule has 130 valence electrons. The van der Waals surface area contributed by atoms with Gasteiger partial charge in [0.15, 0.2) is 11.5 Å². The fraction of sp³-hybridized carbons (Fsp3) is 0.105. The molecule has 4 aromatic rings. The summed E-state index contributed by atoms with van der Waals surface area (Å²) in [5, 5.41) is 3.46. The molecule has 0 aliphatic heterocycles. The molecule has 0 spiro atoms. The maximum Gasteiger partial charge on any atom is 0.226 e. The van der Waals surface area contributed by atoms with Crippen LogP contribution in [0.25, 0.3) is 11.2 Å². The van der Waals surface area contributed by atoms with Gasteiger partial charge in [0.05, 0.1) is 6.33 Å². The summed E-state index contributed by atoms with van der Waals surface area (Å²) in [5.41, 5.74) is 3.32. The molecule has 2 heterocycles. The molecule has 1 unspecified atom stereocenters. The number of benzene rings is 2. The van der Waals surface area contributed by atoms with Crippen LogP contribution in [0.2, 0.25) is 5.28 Å². The molecule has 0 saturated heterocycles. The van der Waals surface area contributed by atoms with Gasteiger partial charge in [-0.1, -0.05) is 42.5 Å². The van der Waals surface area contributed by atoms with Crippen LogP contribution in [0.15, 0.2) is 60.9 Å². The number of aromatic amines is 1. The first-order valence-electron chi connectivity index (χ1n) is 8.11. The van der Waals surface area contributed by atoms with Crippen molar-refractivity contribution in [2.75, 3.05) is 11.9 Å². The van der Waals surface area contributed by atoms with E-state index in [9.17, 15) is 4.39 Å². The average Bonchev–Trinajstić information content (AvgIpc) is 3.12. The van der Waals surface area contributed by atoms with Gasteiger partial charge in [0.25, 0.3) is 0 Å². The lowest BCUT2D eigenvalue weighted by atomic mass is 9.91. The number of H-pyrrole nitrogens is 1. The number of halogens is 2. The zero-order valence-electron chi connectivity index (χ0n) is 13.7. The van der Waals surface area contributed by atoms with E-state index < -0.39 is 0 Å². The molecule has 2 N–H and O–H groups in total. The van der Waals surface area contributed by atoms with E-state index in [0.717, 1.165) is 11.1 Å². The van der Waals surface area contributed by atoms with Gasteiger partial charge in [0.2, 0.25) is 5.28 Å². The number of aromatic nitrogens is 4. The fourth-order valence-corrected chi connectivity index (χ4v) is 3.11. The van der Waals surface area contributed by atoms with E-state index >= 15 is 0 Å². The molecule has 1 atom stereocenters.